The smallest absolute Gasteiger partial charge is 0.404 e. The number of nitrogens with one attached hydrogen (secondary N) is 1. The van der Waals surface area contributed by atoms with Crippen LogP contribution in [0, 0.1) is 5.92 Å². The molecule has 1 fully saturated rings. The fourth-order valence-corrected chi connectivity index (χ4v) is 1.84. The van der Waals surface area contributed by atoms with Crippen molar-refractivity contribution in [1.82, 2.24) is 9.97 Å². The fraction of sp³-hybridized carbons (Fsp3) is 0.267. The summed E-state index contributed by atoms with van der Waals surface area (Å²) in [6.45, 7) is 0.246. The molecule has 1 amide bonds. The van der Waals surface area contributed by atoms with Gasteiger partial charge in [0.15, 0.2) is 5.78 Å². The first-order valence-electron chi connectivity index (χ1n) is 6.82. The number of H-pyrrole nitrogens is 1. The minimum atomic E-state index is -0.742. The van der Waals surface area contributed by atoms with Gasteiger partial charge < -0.3 is 21.2 Å². The molecule has 0 spiro atoms. The maximum Gasteiger partial charge on any atom is 0.404 e. The lowest BCUT2D eigenvalue weighted by molar-refractivity contribution is 0.0961. The zero-order valence-electron chi connectivity index (χ0n) is 11.9. The average molecular weight is 302 g/mol. The summed E-state index contributed by atoms with van der Waals surface area (Å²) in [7, 11) is 0. The van der Waals surface area contributed by atoms with E-state index in [0.717, 1.165) is 12.0 Å². The van der Waals surface area contributed by atoms with E-state index >= 15 is 0 Å². The Morgan fingerprint density at radius 3 is 2.50 bits per heavy atom. The number of hydrogen-bond acceptors (Lipinski definition) is 5. The number of imidazole rings is 1. The zero-order chi connectivity index (χ0) is 15.9. The molecule has 0 bridgehead atoms. The highest BCUT2D eigenvalue weighted by Crippen LogP contribution is 2.30. The van der Waals surface area contributed by atoms with E-state index in [1.165, 1.54) is 12.5 Å². The number of ketones is 1. The second-order valence-electron chi connectivity index (χ2n) is 4.93. The van der Waals surface area contributed by atoms with Crippen LogP contribution in [0.2, 0.25) is 0 Å². The van der Waals surface area contributed by atoms with Gasteiger partial charge in [0.25, 0.3) is 0 Å². The Labute approximate surface area is 127 Å². The summed E-state index contributed by atoms with van der Waals surface area (Å²) < 4.78 is 4.57. The molecule has 1 aliphatic rings. The quantitative estimate of drug-likeness (QED) is 0.732. The first-order valence-corrected chi connectivity index (χ1v) is 6.82. The molecule has 1 aliphatic carbocycles. The summed E-state index contributed by atoms with van der Waals surface area (Å²) in [5.74, 6) is 0.130. The minimum absolute atomic E-state index is 0.0375. The van der Waals surface area contributed by atoms with Crippen LogP contribution >= 0.6 is 0 Å². The van der Waals surface area contributed by atoms with E-state index in [9.17, 15) is 9.59 Å². The van der Waals surface area contributed by atoms with Crippen molar-refractivity contribution in [1.29, 1.82) is 0 Å². The topological polar surface area (TPSA) is 124 Å². The van der Waals surface area contributed by atoms with Crippen molar-refractivity contribution in [2.24, 2.45) is 17.4 Å². The Hall–Kier alpha value is -2.67. The molecule has 1 aromatic heterocycles. The number of nitrogens with zero attached hydrogens (tertiary/aromatic N) is 1. The van der Waals surface area contributed by atoms with E-state index in [1.807, 2.05) is 30.3 Å². The number of ether oxygens (including phenoxy) is 1. The number of rotatable bonds is 4. The number of benzene rings is 1. The number of primary amides is 1. The highest BCUT2D eigenvalue weighted by atomic mass is 16.5. The van der Waals surface area contributed by atoms with Crippen LogP contribution in [-0.2, 0) is 11.3 Å². The minimum Gasteiger partial charge on any atom is -0.445 e. The number of Topliss-reactive ketones (excluding diaryl/α,β-unsaturated/α-hetero) is 1. The van der Waals surface area contributed by atoms with E-state index < -0.39 is 6.09 Å². The van der Waals surface area contributed by atoms with Gasteiger partial charge >= 0.3 is 6.09 Å². The summed E-state index contributed by atoms with van der Waals surface area (Å²) >= 11 is 0. The largest absolute Gasteiger partial charge is 0.445 e. The van der Waals surface area contributed by atoms with Crippen LogP contribution in [0.1, 0.15) is 22.5 Å². The van der Waals surface area contributed by atoms with Crippen molar-refractivity contribution in [2.75, 3.05) is 0 Å². The van der Waals surface area contributed by atoms with Gasteiger partial charge in [-0.05, 0) is 12.0 Å². The van der Waals surface area contributed by atoms with E-state index in [4.69, 9.17) is 11.5 Å². The number of amides is 1. The number of aromatic nitrogens is 2. The number of nitrogens with two attached hydrogens (primary N) is 2. The van der Waals surface area contributed by atoms with Gasteiger partial charge in [0.2, 0.25) is 0 Å². The molecule has 3 rings (SSSR count). The second-order valence-corrected chi connectivity index (χ2v) is 4.93. The molecule has 22 heavy (non-hydrogen) atoms. The Bertz CT molecular complexity index is 613. The van der Waals surface area contributed by atoms with Crippen molar-refractivity contribution >= 4 is 11.9 Å². The highest BCUT2D eigenvalue weighted by molar-refractivity contribution is 5.98. The van der Waals surface area contributed by atoms with Gasteiger partial charge in [-0.2, -0.15) is 0 Å². The van der Waals surface area contributed by atoms with Crippen molar-refractivity contribution in [3.05, 3.63) is 54.1 Å². The molecule has 2 aromatic rings. The molecule has 0 aliphatic heterocycles. The summed E-state index contributed by atoms with van der Waals surface area (Å²) in [5, 5.41) is 0. The van der Waals surface area contributed by atoms with Crippen LogP contribution in [0.15, 0.2) is 42.9 Å². The van der Waals surface area contributed by atoms with Crippen molar-refractivity contribution < 1.29 is 14.3 Å². The first-order chi connectivity index (χ1) is 10.6. The number of aromatic amines is 1. The molecular weight excluding hydrogens is 284 g/mol. The van der Waals surface area contributed by atoms with Gasteiger partial charge in [0, 0.05) is 12.0 Å². The SMILES string of the molecule is NC(=O)OCc1ccccc1.N[C@H]1C[C@H]1C(=O)c1cnc[nH]1. The lowest BCUT2D eigenvalue weighted by Gasteiger charge is -1.99. The normalized spacial score (nSPS) is 18.8. The van der Waals surface area contributed by atoms with Gasteiger partial charge in [-0.1, -0.05) is 30.3 Å². The number of carbonyl (C=O) groups excluding carboxylic acids is 2. The fourth-order valence-electron chi connectivity index (χ4n) is 1.84. The summed E-state index contributed by atoms with van der Waals surface area (Å²) in [5.41, 5.74) is 11.8. The Kier molecular flexibility index (Phi) is 5.26. The standard InChI is InChI=1S/C8H9NO2.C7H9N3O/c9-8(10)11-6-7-4-2-1-3-5-7;8-5-1-4(5)7(11)6-2-9-3-10-6/h1-5H,6H2,(H2,9,10);2-5H,1,8H2,(H,9,10)/t;4-,5+/m.1/s1. The summed E-state index contributed by atoms with van der Waals surface area (Å²) in [6, 6.07) is 9.45. The molecule has 0 radical (unpaired) electrons. The Morgan fingerprint density at radius 2 is 2.00 bits per heavy atom. The van der Waals surface area contributed by atoms with Crippen LogP contribution in [0.4, 0.5) is 4.79 Å². The zero-order valence-corrected chi connectivity index (χ0v) is 11.9. The van der Waals surface area contributed by atoms with Crippen LogP contribution < -0.4 is 11.5 Å². The third kappa shape index (κ3) is 4.71. The van der Waals surface area contributed by atoms with Gasteiger partial charge in [0.05, 0.1) is 12.5 Å². The molecule has 1 aromatic carbocycles. The molecule has 7 heteroatoms. The van der Waals surface area contributed by atoms with Crippen molar-refractivity contribution in [3.8, 4) is 0 Å². The molecule has 0 saturated heterocycles. The third-order valence-electron chi connectivity index (χ3n) is 3.16. The van der Waals surface area contributed by atoms with Crippen LogP contribution in [0.25, 0.3) is 0 Å². The molecule has 5 N–H and O–H groups in total. The Morgan fingerprint density at radius 1 is 1.32 bits per heavy atom. The highest BCUT2D eigenvalue weighted by Gasteiger charge is 2.40. The Balaban J connectivity index is 0.000000160. The molecule has 7 nitrogen and oxygen atoms in total. The monoisotopic (exact) mass is 302 g/mol. The predicted molar refractivity (Wildman–Crippen MR) is 79.8 cm³/mol. The second kappa shape index (κ2) is 7.37. The molecule has 2 atom stereocenters. The molecular formula is C15H18N4O3. The van der Waals surface area contributed by atoms with Crippen LogP contribution in [0.5, 0.6) is 0 Å². The van der Waals surface area contributed by atoms with E-state index in [-0.39, 0.29) is 24.3 Å². The predicted octanol–water partition coefficient (Wildman–Crippen LogP) is 1.22. The van der Waals surface area contributed by atoms with Crippen molar-refractivity contribution in [2.45, 2.75) is 19.1 Å². The third-order valence-corrected chi connectivity index (χ3v) is 3.16. The maximum atomic E-state index is 11.3. The summed E-state index contributed by atoms with van der Waals surface area (Å²) in [4.78, 5) is 28.0. The van der Waals surface area contributed by atoms with Gasteiger partial charge in [-0.3, -0.25) is 4.79 Å². The van der Waals surface area contributed by atoms with Crippen LogP contribution in [-0.4, -0.2) is 27.9 Å². The van der Waals surface area contributed by atoms with Gasteiger partial charge in [-0.15, -0.1) is 0 Å². The lowest BCUT2D eigenvalue weighted by atomic mass is 10.2. The van der Waals surface area contributed by atoms with E-state index in [0.29, 0.717) is 5.69 Å². The summed E-state index contributed by atoms with van der Waals surface area (Å²) in [6.07, 6.45) is 3.11. The first kappa shape index (κ1) is 15.7. The molecule has 1 heterocycles. The van der Waals surface area contributed by atoms with Crippen LogP contribution in [0.3, 0.4) is 0 Å². The maximum absolute atomic E-state index is 11.3. The molecule has 116 valence electrons. The van der Waals surface area contributed by atoms with Crippen molar-refractivity contribution in [3.63, 3.8) is 0 Å². The lowest BCUT2D eigenvalue weighted by Crippen LogP contribution is -2.12. The molecule has 1 saturated carbocycles. The van der Waals surface area contributed by atoms with Gasteiger partial charge in [0.1, 0.15) is 12.3 Å². The number of carbonyl (C=O) groups is 2. The molecule has 0 unspecified atom stereocenters. The van der Waals surface area contributed by atoms with Gasteiger partial charge in [-0.25, -0.2) is 9.78 Å². The number of hydrogen-bond donors (Lipinski definition) is 3. The average Bonchev–Trinajstić information content (AvgIpc) is 3.03. The van der Waals surface area contributed by atoms with E-state index in [2.05, 4.69) is 14.7 Å². The van der Waals surface area contributed by atoms with E-state index in [1.54, 1.807) is 0 Å².